The average Bonchev–Trinajstić information content (AvgIpc) is 2.37. The zero-order valence-electron chi connectivity index (χ0n) is 11.0. The van der Waals surface area contributed by atoms with E-state index >= 15 is 0 Å². The molecule has 0 saturated carbocycles. The molecule has 0 saturated heterocycles. The summed E-state index contributed by atoms with van der Waals surface area (Å²) < 4.78 is 22.6. The second-order valence-corrected chi connectivity index (χ2v) is 6.02. The molecule has 19 heavy (non-hydrogen) atoms. The van der Waals surface area contributed by atoms with E-state index in [2.05, 4.69) is 0 Å². The maximum Gasteiger partial charge on any atom is 0.404 e. The summed E-state index contributed by atoms with van der Waals surface area (Å²) in [6.07, 6.45) is 0.0190. The van der Waals surface area contributed by atoms with Crippen LogP contribution in [0, 0.1) is 10.1 Å². The third-order valence-corrected chi connectivity index (χ3v) is 4.82. The van der Waals surface area contributed by atoms with Crippen LogP contribution in [0.25, 0.3) is 0 Å². The lowest BCUT2D eigenvalue weighted by molar-refractivity contribution is -0.500. The van der Waals surface area contributed by atoms with Gasteiger partial charge >= 0.3 is 13.4 Å². The van der Waals surface area contributed by atoms with E-state index in [0.717, 1.165) is 5.56 Å². The monoisotopic (exact) mass is 287 g/mol. The van der Waals surface area contributed by atoms with Crippen LogP contribution in [0.5, 0.6) is 0 Å². The van der Waals surface area contributed by atoms with Crippen LogP contribution in [-0.2, 0) is 20.0 Å². The first-order valence-corrected chi connectivity index (χ1v) is 7.71. The lowest BCUT2D eigenvalue weighted by atomic mass is 10.1. The summed E-state index contributed by atoms with van der Waals surface area (Å²) in [4.78, 5) is 10.6. The van der Waals surface area contributed by atoms with Gasteiger partial charge in [0, 0.05) is 4.92 Å². The Balaban J connectivity index is 2.98. The predicted molar refractivity (Wildman–Crippen MR) is 71.8 cm³/mol. The maximum atomic E-state index is 12.5. The van der Waals surface area contributed by atoms with Crippen LogP contribution in [-0.4, -0.2) is 23.9 Å². The highest BCUT2D eigenvalue weighted by Gasteiger charge is 2.45. The van der Waals surface area contributed by atoms with Crippen LogP contribution < -0.4 is 0 Å². The summed E-state index contributed by atoms with van der Waals surface area (Å²) >= 11 is 0. The molecule has 0 aliphatic carbocycles. The second kappa shape index (κ2) is 7.38. The molecule has 0 amide bonds. The fraction of sp³-hybridized carbons (Fsp3) is 0.500. The first-order valence-electron chi connectivity index (χ1n) is 6.09. The molecule has 1 aromatic carbocycles. The topological polar surface area (TPSA) is 78.7 Å². The molecule has 1 unspecified atom stereocenters. The number of nitrogens with zero attached hydrogens (tertiary/aromatic N) is 1. The van der Waals surface area contributed by atoms with E-state index in [0.29, 0.717) is 0 Å². The number of hydrogen-bond donors (Lipinski definition) is 0. The maximum absolute atomic E-state index is 12.5. The Hall–Kier alpha value is -1.23. The SMILES string of the molecule is CCOP(=O)(OCC)C(Cc1ccccc1)[N+](=O)[O-]. The molecule has 0 heterocycles. The summed E-state index contributed by atoms with van der Waals surface area (Å²) in [5.74, 6) is -1.38. The van der Waals surface area contributed by atoms with E-state index in [9.17, 15) is 14.7 Å². The van der Waals surface area contributed by atoms with Gasteiger partial charge in [0.15, 0.2) is 0 Å². The van der Waals surface area contributed by atoms with Crippen LogP contribution in [0.15, 0.2) is 30.3 Å². The fourth-order valence-corrected chi connectivity index (χ4v) is 3.50. The number of rotatable bonds is 8. The van der Waals surface area contributed by atoms with E-state index in [4.69, 9.17) is 9.05 Å². The van der Waals surface area contributed by atoms with E-state index in [1.807, 2.05) is 6.07 Å². The van der Waals surface area contributed by atoms with Gasteiger partial charge in [0.25, 0.3) is 0 Å². The Bertz CT molecular complexity index is 441. The third-order valence-electron chi connectivity index (χ3n) is 2.49. The molecule has 106 valence electrons. The Morgan fingerprint density at radius 2 is 1.74 bits per heavy atom. The van der Waals surface area contributed by atoms with E-state index in [-0.39, 0.29) is 19.6 Å². The molecule has 6 nitrogen and oxygen atoms in total. The molecule has 0 spiro atoms. The van der Waals surface area contributed by atoms with E-state index in [1.54, 1.807) is 38.1 Å². The third kappa shape index (κ3) is 4.42. The predicted octanol–water partition coefficient (Wildman–Crippen LogP) is 3.10. The highest BCUT2D eigenvalue weighted by Crippen LogP contribution is 2.54. The Labute approximate surface area is 112 Å². The summed E-state index contributed by atoms with van der Waals surface area (Å²) in [7, 11) is -3.75. The van der Waals surface area contributed by atoms with Crippen LogP contribution in [0.1, 0.15) is 19.4 Å². The molecule has 0 aliphatic heterocycles. The number of hydrogen-bond acceptors (Lipinski definition) is 5. The molecule has 0 fully saturated rings. The van der Waals surface area contributed by atoms with Crippen LogP contribution >= 0.6 is 7.60 Å². The van der Waals surface area contributed by atoms with E-state index in [1.165, 1.54) is 0 Å². The van der Waals surface area contributed by atoms with Gasteiger partial charge in [-0.05, 0) is 19.4 Å². The molecule has 1 atom stereocenters. The average molecular weight is 287 g/mol. The fourth-order valence-electron chi connectivity index (χ4n) is 1.70. The van der Waals surface area contributed by atoms with Crippen LogP contribution in [0.3, 0.4) is 0 Å². The minimum Gasteiger partial charge on any atom is -0.304 e. The molecule has 0 bridgehead atoms. The highest BCUT2D eigenvalue weighted by molar-refractivity contribution is 7.54. The summed E-state index contributed by atoms with van der Waals surface area (Å²) in [6, 6.07) is 8.87. The minimum atomic E-state index is -3.75. The minimum absolute atomic E-state index is 0.0190. The molecule has 0 radical (unpaired) electrons. The normalized spacial score (nSPS) is 13.2. The summed E-state index contributed by atoms with van der Waals surface area (Å²) in [5.41, 5.74) is 0.726. The molecular weight excluding hydrogens is 269 g/mol. The smallest absolute Gasteiger partial charge is 0.304 e. The van der Waals surface area contributed by atoms with Gasteiger partial charge in [-0.25, -0.2) is 0 Å². The standard InChI is InChI=1S/C12H18NO5P/c1-3-17-19(16,18-4-2)12(13(14)15)10-11-8-6-5-7-9-11/h5-9,12H,3-4,10H2,1-2H3. The zero-order chi connectivity index (χ0) is 14.3. The van der Waals surface area contributed by atoms with Crippen molar-refractivity contribution in [2.45, 2.75) is 26.1 Å². The molecule has 1 aromatic rings. The van der Waals surface area contributed by atoms with Crippen molar-refractivity contribution in [3.8, 4) is 0 Å². The second-order valence-electron chi connectivity index (χ2n) is 3.83. The van der Waals surface area contributed by atoms with Gasteiger partial charge in [0.2, 0.25) is 0 Å². The van der Waals surface area contributed by atoms with Gasteiger partial charge in [-0.1, -0.05) is 30.3 Å². The van der Waals surface area contributed by atoms with Gasteiger partial charge in [0.05, 0.1) is 19.6 Å². The highest BCUT2D eigenvalue weighted by atomic mass is 31.2. The van der Waals surface area contributed by atoms with Crippen molar-refractivity contribution >= 4 is 7.60 Å². The lowest BCUT2D eigenvalue weighted by Gasteiger charge is -2.20. The van der Waals surface area contributed by atoms with Gasteiger partial charge in [-0.15, -0.1) is 0 Å². The molecule has 1 rings (SSSR count). The Morgan fingerprint density at radius 3 is 2.16 bits per heavy atom. The van der Waals surface area contributed by atoms with Crippen molar-refractivity contribution in [3.63, 3.8) is 0 Å². The van der Waals surface area contributed by atoms with Gasteiger partial charge in [-0.2, -0.15) is 0 Å². The van der Waals surface area contributed by atoms with Gasteiger partial charge < -0.3 is 9.05 Å². The number of benzene rings is 1. The van der Waals surface area contributed by atoms with Crippen molar-refractivity contribution in [3.05, 3.63) is 46.0 Å². The molecule has 0 aliphatic rings. The van der Waals surface area contributed by atoms with Crippen molar-refractivity contribution in [1.29, 1.82) is 0 Å². The van der Waals surface area contributed by atoms with Gasteiger partial charge in [-0.3, -0.25) is 14.7 Å². The van der Waals surface area contributed by atoms with Crippen molar-refractivity contribution in [2.24, 2.45) is 0 Å². The van der Waals surface area contributed by atoms with Crippen molar-refractivity contribution < 1.29 is 18.5 Å². The molecule has 0 N–H and O–H groups in total. The van der Waals surface area contributed by atoms with Crippen LogP contribution in [0.2, 0.25) is 0 Å². The summed E-state index contributed by atoms with van der Waals surface area (Å²) in [6.45, 7) is 3.48. The first-order chi connectivity index (χ1) is 9.03. The van der Waals surface area contributed by atoms with Crippen molar-refractivity contribution in [1.82, 2.24) is 0 Å². The lowest BCUT2D eigenvalue weighted by Crippen LogP contribution is -2.25. The Morgan fingerprint density at radius 1 is 1.21 bits per heavy atom. The van der Waals surface area contributed by atoms with Gasteiger partial charge in [0.1, 0.15) is 0 Å². The Kier molecular flexibility index (Phi) is 6.15. The van der Waals surface area contributed by atoms with Crippen LogP contribution in [0.4, 0.5) is 0 Å². The largest absolute Gasteiger partial charge is 0.404 e. The first kappa shape index (κ1) is 15.8. The van der Waals surface area contributed by atoms with Crippen molar-refractivity contribution in [2.75, 3.05) is 13.2 Å². The summed E-state index contributed by atoms with van der Waals surface area (Å²) in [5, 5.41) is 11.2. The molecular formula is C12H18NO5P. The van der Waals surface area contributed by atoms with E-state index < -0.39 is 18.3 Å². The quantitative estimate of drug-likeness (QED) is 0.417. The number of nitro groups is 1. The zero-order valence-corrected chi connectivity index (χ0v) is 11.9. The molecule has 0 aromatic heterocycles. The molecule has 7 heteroatoms.